The molecule has 0 aliphatic carbocycles. The zero-order valence-electron chi connectivity index (χ0n) is 16.4. The van der Waals surface area contributed by atoms with Crippen molar-refractivity contribution in [3.8, 4) is 0 Å². The lowest BCUT2D eigenvalue weighted by Gasteiger charge is -2.20. The Morgan fingerprint density at radius 1 is 1.07 bits per heavy atom. The standard InChI is InChI=1S/C21H24N2O5S/c1-15(24)16-5-9-18(10-6-16)22-21(25)17-7-11-20(12-8-17)29(26,27)23(2)14-19-4-3-13-28-19/h5-12,19H,3-4,13-14H2,1-2H3,(H,22,25)/t19-/m0/s1. The van der Waals surface area contributed by atoms with E-state index >= 15 is 0 Å². The summed E-state index contributed by atoms with van der Waals surface area (Å²) in [5.41, 5.74) is 1.44. The van der Waals surface area contributed by atoms with E-state index in [9.17, 15) is 18.0 Å². The van der Waals surface area contributed by atoms with E-state index in [0.717, 1.165) is 12.8 Å². The van der Waals surface area contributed by atoms with Crippen molar-refractivity contribution in [2.45, 2.75) is 30.8 Å². The lowest BCUT2D eigenvalue weighted by molar-refractivity contribution is 0.0978. The second-order valence-corrected chi connectivity index (χ2v) is 9.08. The van der Waals surface area contributed by atoms with Gasteiger partial charge in [-0.25, -0.2) is 8.42 Å². The van der Waals surface area contributed by atoms with Gasteiger partial charge in [0.15, 0.2) is 5.78 Å². The quantitative estimate of drug-likeness (QED) is 0.701. The molecule has 1 saturated heterocycles. The first-order valence-electron chi connectivity index (χ1n) is 9.38. The Morgan fingerprint density at radius 2 is 1.69 bits per heavy atom. The van der Waals surface area contributed by atoms with Gasteiger partial charge in [-0.05, 0) is 68.3 Å². The minimum atomic E-state index is -3.65. The van der Waals surface area contributed by atoms with Crippen LogP contribution in [0.25, 0.3) is 0 Å². The molecule has 1 aliphatic rings. The topological polar surface area (TPSA) is 92.8 Å². The molecule has 0 aromatic heterocycles. The number of ketones is 1. The average Bonchev–Trinajstić information content (AvgIpc) is 3.21. The largest absolute Gasteiger partial charge is 0.377 e. The van der Waals surface area contributed by atoms with Gasteiger partial charge >= 0.3 is 0 Å². The number of nitrogens with zero attached hydrogens (tertiary/aromatic N) is 1. The average molecular weight is 416 g/mol. The number of benzene rings is 2. The predicted molar refractivity (Wildman–Crippen MR) is 110 cm³/mol. The van der Waals surface area contributed by atoms with Crippen LogP contribution in [-0.4, -0.2) is 50.7 Å². The molecule has 2 aromatic rings. The molecule has 3 rings (SSSR count). The zero-order valence-corrected chi connectivity index (χ0v) is 17.2. The van der Waals surface area contributed by atoms with E-state index in [1.165, 1.54) is 42.5 Å². The highest BCUT2D eigenvalue weighted by atomic mass is 32.2. The number of hydrogen-bond donors (Lipinski definition) is 1. The molecule has 0 spiro atoms. The van der Waals surface area contributed by atoms with Crippen molar-refractivity contribution in [3.63, 3.8) is 0 Å². The van der Waals surface area contributed by atoms with Crippen LogP contribution in [0.2, 0.25) is 0 Å². The Balaban J connectivity index is 1.66. The summed E-state index contributed by atoms with van der Waals surface area (Å²) < 4.78 is 32.2. The summed E-state index contributed by atoms with van der Waals surface area (Å²) in [7, 11) is -2.12. The third-order valence-electron chi connectivity index (χ3n) is 4.86. The molecular formula is C21H24N2O5S. The number of amides is 1. The summed E-state index contributed by atoms with van der Waals surface area (Å²) in [4.78, 5) is 23.8. The maximum atomic E-state index is 12.7. The van der Waals surface area contributed by atoms with Crippen molar-refractivity contribution < 1.29 is 22.7 Å². The van der Waals surface area contributed by atoms with Crippen LogP contribution in [0.5, 0.6) is 0 Å². The fourth-order valence-corrected chi connectivity index (χ4v) is 4.33. The van der Waals surface area contributed by atoms with E-state index in [-0.39, 0.29) is 22.7 Å². The molecule has 1 fully saturated rings. The number of hydrogen-bond acceptors (Lipinski definition) is 5. The Hall–Kier alpha value is -2.55. The molecule has 0 radical (unpaired) electrons. The number of Topliss-reactive ketones (excluding diaryl/α,β-unsaturated/α-hetero) is 1. The Morgan fingerprint density at radius 3 is 2.24 bits per heavy atom. The van der Waals surface area contributed by atoms with Crippen molar-refractivity contribution in [1.29, 1.82) is 0 Å². The molecule has 8 heteroatoms. The summed E-state index contributed by atoms with van der Waals surface area (Å²) in [6.07, 6.45) is 1.72. The van der Waals surface area contributed by atoms with Gasteiger partial charge in [-0.3, -0.25) is 9.59 Å². The first-order valence-corrected chi connectivity index (χ1v) is 10.8. The number of anilines is 1. The summed E-state index contributed by atoms with van der Waals surface area (Å²) in [6, 6.07) is 12.4. The summed E-state index contributed by atoms with van der Waals surface area (Å²) in [5, 5.41) is 2.73. The molecule has 0 bridgehead atoms. The van der Waals surface area contributed by atoms with Crippen molar-refractivity contribution in [2.75, 3.05) is 25.5 Å². The first-order chi connectivity index (χ1) is 13.8. The Labute approximate surface area is 170 Å². The number of likely N-dealkylation sites (N-methyl/N-ethyl adjacent to an activating group) is 1. The van der Waals surface area contributed by atoms with Gasteiger partial charge in [-0.15, -0.1) is 0 Å². The molecule has 2 aromatic carbocycles. The van der Waals surface area contributed by atoms with Crippen LogP contribution in [0, 0.1) is 0 Å². The van der Waals surface area contributed by atoms with E-state index in [4.69, 9.17) is 4.74 Å². The Bertz CT molecular complexity index is 979. The van der Waals surface area contributed by atoms with Gasteiger partial charge < -0.3 is 10.1 Å². The zero-order chi connectivity index (χ0) is 21.0. The van der Waals surface area contributed by atoms with Crippen LogP contribution in [-0.2, 0) is 14.8 Å². The van der Waals surface area contributed by atoms with Crippen molar-refractivity contribution in [1.82, 2.24) is 4.31 Å². The first kappa shape index (κ1) is 21.2. The van der Waals surface area contributed by atoms with Crippen molar-refractivity contribution in [3.05, 3.63) is 59.7 Å². The number of sulfonamides is 1. The predicted octanol–water partition coefficient (Wildman–Crippen LogP) is 2.94. The normalized spacial score (nSPS) is 16.7. The molecule has 29 heavy (non-hydrogen) atoms. The number of carbonyl (C=O) groups excluding carboxylic acids is 2. The summed E-state index contributed by atoms with van der Waals surface area (Å²) in [5.74, 6) is -0.415. The van der Waals surface area contributed by atoms with E-state index in [2.05, 4.69) is 5.32 Å². The minimum Gasteiger partial charge on any atom is -0.377 e. The highest BCUT2D eigenvalue weighted by Gasteiger charge is 2.26. The highest BCUT2D eigenvalue weighted by Crippen LogP contribution is 2.20. The number of nitrogens with one attached hydrogen (secondary N) is 1. The lowest BCUT2D eigenvalue weighted by atomic mass is 10.1. The monoisotopic (exact) mass is 416 g/mol. The van der Waals surface area contributed by atoms with Gasteiger partial charge in [0.05, 0.1) is 11.0 Å². The maximum Gasteiger partial charge on any atom is 0.255 e. The Kier molecular flexibility index (Phi) is 6.46. The van der Waals surface area contributed by atoms with Gasteiger partial charge in [0.25, 0.3) is 5.91 Å². The van der Waals surface area contributed by atoms with Crippen LogP contribution in [0.15, 0.2) is 53.4 Å². The summed E-state index contributed by atoms with van der Waals surface area (Å²) >= 11 is 0. The SMILES string of the molecule is CC(=O)c1ccc(NC(=O)c2ccc(S(=O)(=O)N(C)C[C@@H]3CCCO3)cc2)cc1. The van der Waals surface area contributed by atoms with Crippen molar-refractivity contribution in [2.24, 2.45) is 0 Å². The number of rotatable bonds is 7. The smallest absolute Gasteiger partial charge is 0.255 e. The molecule has 1 heterocycles. The number of ether oxygens (including phenoxy) is 1. The fourth-order valence-electron chi connectivity index (χ4n) is 3.12. The van der Waals surface area contributed by atoms with Gasteiger partial charge in [0.2, 0.25) is 10.0 Å². The lowest BCUT2D eigenvalue weighted by Crippen LogP contribution is -2.34. The van der Waals surface area contributed by atoms with Crippen LogP contribution >= 0.6 is 0 Å². The van der Waals surface area contributed by atoms with E-state index in [1.54, 1.807) is 24.3 Å². The van der Waals surface area contributed by atoms with Crippen LogP contribution < -0.4 is 5.32 Å². The van der Waals surface area contributed by atoms with Gasteiger partial charge in [0.1, 0.15) is 0 Å². The van der Waals surface area contributed by atoms with Crippen LogP contribution in [0.1, 0.15) is 40.5 Å². The highest BCUT2D eigenvalue weighted by molar-refractivity contribution is 7.89. The van der Waals surface area contributed by atoms with Crippen molar-refractivity contribution >= 4 is 27.4 Å². The van der Waals surface area contributed by atoms with Gasteiger partial charge in [-0.1, -0.05) is 0 Å². The van der Waals surface area contributed by atoms with E-state index in [0.29, 0.717) is 30.0 Å². The number of carbonyl (C=O) groups is 2. The van der Waals surface area contributed by atoms with E-state index < -0.39 is 10.0 Å². The molecule has 1 N–H and O–H groups in total. The van der Waals surface area contributed by atoms with Gasteiger partial charge in [0, 0.05) is 37.0 Å². The third-order valence-corrected chi connectivity index (χ3v) is 6.70. The fraction of sp³-hybridized carbons (Fsp3) is 0.333. The second kappa shape index (κ2) is 8.86. The molecule has 1 amide bonds. The molecule has 0 saturated carbocycles. The molecule has 7 nitrogen and oxygen atoms in total. The molecule has 0 unspecified atom stereocenters. The minimum absolute atomic E-state index is 0.0517. The van der Waals surface area contributed by atoms with E-state index in [1.807, 2.05) is 0 Å². The summed E-state index contributed by atoms with van der Waals surface area (Å²) in [6.45, 7) is 2.45. The van der Waals surface area contributed by atoms with Crippen LogP contribution in [0.3, 0.4) is 0 Å². The molecule has 1 aliphatic heterocycles. The van der Waals surface area contributed by atoms with Gasteiger partial charge in [-0.2, -0.15) is 4.31 Å². The third kappa shape index (κ3) is 5.09. The molecular weight excluding hydrogens is 392 g/mol. The molecule has 154 valence electrons. The van der Waals surface area contributed by atoms with Crippen LogP contribution in [0.4, 0.5) is 5.69 Å². The molecule has 1 atom stereocenters. The maximum absolute atomic E-state index is 12.7. The second-order valence-electron chi connectivity index (χ2n) is 7.03.